The first-order chi connectivity index (χ1) is 8.82. The first kappa shape index (κ1) is 10.4. The van der Waals surface area contributed by atoms with Crippen molar-refractivity contribution in [2.75, 3.05) is 18.0 Å². The molecule has 1 saturated heterocycles. The molecule has 1 aliphatic carbocycles. The highest BCUT2D eigenvalue weighted by molar-refractivity contribution is 5.92. The Hall–Kier alpha value is -1.57. The summed E-state index contributed by atoms with van der Waals surface area (Å²) in [6.07, 6.45) is 4.70. The molecule has 2 unspecified atom stereocenters. The molecule has 1 aromatic carbocycles. The molecule has 1 aliphatic heterocycles. The highest BCUT2D eigenvalue weighted by Gasteiger charge is 2.58. The van der Waals surface area contributed by atoms with E-state index in [9.17, 15) is 0 Å². The molecule has 2 nitrogen and oxygen atoms in total. The molecule has 2 aliphatic rings. The minimum atomic E-state index is 0.624. The highest BCUT2D eigenvalue weighted by atomic mass is 15.2. The standard InChI is InChI=1S/C16H18N2/c1-2-16-9-13(16)10-18(11-16)15-14-6-4-3-5-12(14)7-8-17-15/h3-8,13H,2,9-11H2,1H3. The van der Waals surface area contributed by atoms with E-state index in [0.717, 1.165) is 5.92 Å². The van der Waals surface area contributed by atoms with Gasteiger partial charge in [0.15, 0.2) is 0 Å². The Balaban J connectivity index is 1.76. The Morgan fingerprint density at radius 2 is 2.22 bits per heavy atom. The van der Waals surface area contributed by atoms with Gasteiger partial charge in [0.05, 0.1) is 0 Å². The SMILES string of the molecule is CCC12CC1CN(c1nccc3ccccc13)C2. The Labute approximate surface area is 108 Å². The molecule has 2 heterocycles. The summed E-state index contributed by atoms with van der Waals surface area (Å²) in [4.78, 5) is 7.14. The Morgan fingerprint density at radius 3 is 3.06 bits per heavy atom. The minimum Gasteiger partial charge on any atom is -0.355 e. The first-order valence-electron chi connectivity index (χ1n) is 6.91. The Bertz CT molecular complexity index is 598. The van der Waals surface area contributed by atoms with Crippen molar-refractivity contribution in [1.29, 1.82) is 0 Å². The van der Waals surface area contributed by atoms with E-state index < -0.39 is 0 Å². The summed E-state index contributed by atoms with van der Waals surface area (Å²) in [6, 6.07) is 10.7. The maximum Gasteiger partial charge on any atom is 0.136 e. The fraction of sp³-hybridized carbons (Fsp3) is 0.438. The van der Waals surface area contributed by atoms with Crippen LogP contribution in [0, 0.1) is 11.3 Å². The second kappa shape index (κ2) is 3.47. The lowest BCUT2D eigenvalue weighted by Crippen LogP contribution is -2.25. The Kier molecular flexibility index (Phi) is 2.00. The summed E-state index contributed by atoms with van der Waals surface area (Å²) in [5.74, 6) is 2.11. The molecule has 92 valence electrons. The smallest absolute Gasteiger partial charge is 0.136 e. The summed E-state index contributed by atoms with van der Waals surface area (Å²) >= 11 is 0. The quantitative estimate of drug-likeness (QED) is 0.796. The van der Waals surface area contributed by atoms with Crippen LogP contribution >= 0.6 is 0 Å². The molecule has 2 aromatic rings. The number of pyridine rings is 1. The molecule has 0 spiro atoms. The third-order valence-corrected chi connectivity index (χ3v) is 4.96. The molecule has 18 heavy (non-hydrogen) atoms. The molecule has 1 aromatic heterocycles. The van der Waals surface area contributed by atoms with Crippen LogP contribution in [0.1, 0.15) is 19.8 Å². The van der Waals surface area contributed by atoms with Gasteiger partial charge in [-0.15, -0.1) is 0 Å². The number of rotatable bonds is 2. The van der Waals surface area contributed by atoms with Gasteiger partial charge >= 0.3 is 0 Å². The van der Waals surface area contributed by atoms with Crippen LogP contribution in [-0.2, 0) is 0 Å². The van der Waals surface area contributed by atoms with Crippen molar-refractivity contribution in [3.8, 4) is 0 Å². The molecule has 0 amide bonds. The maximum absolute atomic E-state index is 4.64. The van der Waals surface area contributed by atoms with Gasteiger partial charge in [-0.3, -0.25) is 0 Å². The Morgan fingerprint density at radius 1 is 1.33 bits per heavy atom. The largest absolute Gasteiger partial charge is 0.355 e. The van der Waals surface area contributed by atoms with E-state index in [2.05, 4.69) is 47.1 Å². The van der Waals surface area contributed by atoms with Crippen LogP contribution in [0.15, 0.2) is 36.5 Å². The fourth-order valence-corrected chi connectivity index (χ4v) is 3.66. The lowest BCUT2D eigenvalue weighted by Gasteiger charge is -2.22. The second-order valence-corrected chi connectivity index (χ2v) is 5.85. The van der Waals surface area contributed by atoms with Crippen molar-refractivity contribution >= 4 is 16.6 Å². The van der Waals surface area contributed by atoms with Crippen molar-refractivity contribution < 1.29 is 0 Å². The minimum absolute atomic E-state index is 0.624. The number of hydrogen-bond donors (Lipinski definition) is 0. The first-order valence-corrected chi connectivity index (χ1v) is 6.91. The van der Waals surface area contributed by atoms with Crippen LogP contribution in [0.2, 0.25) is 0 Å². The molecule has 4 rings (SSSR count). The van der Waals surface area contributed by atoms with Crippen LogP contribution in [0.3, 0.4) is 0 Å². The third-order valence-electron chi connectivity index (χ3n) is 4.96. The van der Waals surface area contributed by atoms with E-state index in [1.54, 1.807) is 0 Å². The molecule has 1 saturated carbocycles. The number of fused-ring (bicyclic) bond motifs is 2. The highest BCUT2D eigenvalue weighted by Crippen LogP contribution is 2.60. The van der Waals surface area contributed by atoms with Gasteiger partial charge in [-0.25, -0.2) is 4.98 Å². The van der Waals surface area contributed by atoms with E-state index in [1.165, 1.54) is 42.5 Å². The van der Waals surface area contributed by atoms with Crippen molar-refractivity contribution in [1.82, 2.24) is 4.98 Å². The van der Waals surface area contributed by atoms with Gasteiger partial charge in [-0.2, -0.15) is 0 Å². The number of anilines is 1. The van der Waals surface area contributed by atoms with Gasteiger partial charge < -0.3 is 4.90 Å². The molecule has 0 bridgehead atoms. The topological polar surface area (TPSA) is 16.1 Å². The number of piperidine rings is 1. The van der Waals surface area contributed by atoms with Crippen molar-refractivity contribution in [3.05, 3.63) is 36.5 Å². The summed E-state index contributed by atoms with van der Waals surface area (Å²) in [5.41, 5.74) is 0.624. The molecular formula is C16H18N2. The zero-order valence-corrected chi connectivity index (χ0v) is 10.8. The van der Waals surface area contributed by atoms with Gasteiger partial charge in [0.1, 0.15) is 5.82 Å². The maximum atomic E-state index is 4.64. The molecule has 0 N–H and O–H groups in total. The van der Waals surface area contributed by atoms with E-state index in [0.29, 0.717) is 5.41 Å². The number of nitrogens with zero attached hydrogens (tertiary/aromatic N) is 2. The fourth-order valence-electron chi connectivity index (χ4n) is 3.66. The van der Waals surface area contributed by atoms with Crippen LogP contribution < -0.4 is 4.90 Å². The average Bonchev–Trinajstić information content (AvgIpc) is 3.00. The molecule has 2 heteroatoms. The van der Waals surface area contributed by atoms with Gasteiger partial charge in [-0.05, 0) is 35.6 Å². The van der Waals surface area contributed by atoms with E-state index in [1.807, 2.05) is 6.20 Å². The predicted molar refractivity (Wildman–Crippen MR) is 74.8 cm³/mol. The normalized spacial score (nSPS) is 29.6. The summed E-state index contributed by atoms with van der Waals surface area (Å²) < 4.78 is 0. The van der Waals surface area contributed by atoms with E-state index in [-0.39, 0.29) is 0 Å². The van der Waals surface area contributed by atoms with Gasteiger partial charge in [-0.1, -0.05) is 31.2 Å². The molecule has 2 fully saturated rings. The lowest BCUT2D eigenvalue weighted by molar-refractivity contribution is 0.509. The van der Waals surface area contributed by atoms with Crippen molar-refractivity contribution in [3.63, 3.8) is 0 Å². The zero-order valence-electron chi connectivity index (χ0n) is 10.8. The van der Waals surface area contributed by atoms with Crippen molar-refractivity contribution in [2.24, 2.45) is 11.3 Å². The zero-order chi connectivity index (χ0) is 12.2. The molecule has 0 radical (unpaired) electrons. The lowest BCUT2D eigenvalue weighted by atomic mass is 10.0. The third kappa shape index (κ3) is 1.32. The monoisotopic (exact) mass is 238 g/mol. The average molecular weight is 238 g/mol. The van der Waals surface area contributed by atoms with E-state index in [4.69, 9.17) is 0 Å². The molecule has 2 atom stereocenters. The van der Waals surface area contributed by atoms with Crippen molar-refractivity contribution in [2.45, 2.75) is 19.8 Å². The van der Waals surface area contributed by atoms with Gasteiger partial charge in [0.25, 0.3) is 0 Å². The van der Waals surface area contributed by atoms with Crippen LogP contribution in [0.25, 0.3) is 10.8 Å². The predicted octanol–water partition coefficient (Wildman–Crippen LogP) is 3.47. The van der Waals surface area contributed by atoms with Gasteiger partial charge in [0, 0.05) is 24.7 Å². The van der Waals surface area contributed by atoms with Crippen LogP contribution in [-0.4, -0.2) is 18.1 Å². The summed E-state index contributed by atoms with van der Waals surface area (Å²) in [5, 5.41) is 2.60. The summed E-state index contributed by atoms with van der Waals surface area (Å²) in [7, 11) is 0. The summed E-state index contributed by atoms with van der Waals surface area (Å²) in [6.45, 7) is 4.74. The van der Waals surface area contributed by atoms with Crippen LogP contribution in [0.5, 0.6) is 0 Å². The number of benzene rings is 1. The molecular weight excluding hydrogens is 220 g/mol. The van der Waals surface area contributed by atoms with E-state index >= 15 is 0 Å². The number of aromatic nitrogens is 1. The van der Waals surface area contributed by atoms with Gasteiger partial charge in [0.2, 0.25) is 0 Å². The van der Waals surface area contributed by atoms with Crippen LogP contribution in [0.4, 0.5) is 5.82 Å². The number of hydrogen-bond acceptors (Lipinski definition) is 2. The second-order valence-electron chi connectivity index (χ2n) is 5.85.